The number of aromatic nitrogens is 3. The molecular weight excluding hydrogens is 342 g/mol. The summed E-state index contributed by atoms with van der Waals surface area (Å²) in [7, 11) is 0. The molecule has 2 aromatic heterocycles. The molecule has 0 aliphatic rings. The molecule has 2 heterocycles. The smallest absolute Gasteiger partial charge is 0.354 e. The molecule has 0 saturated heterocycles. The molecule has 0 spiro atoms. The number of aryl methyl sites for hydroxylation is 1. The van der Waals surface area contributed by atoms with E-state index < -0.39 is 0 Å². The molecule has 0 unspecified atom stereocenters. The number of guanidine groups is 1. The Kier molecular flexibility index (Phi) is 5.56. The van der Waals surface area contributed by atoms with Gasteiger partial charge < -0.3 is 21.4 Å². The van der Waals surface area contributed by atoms with Gasteiger partial charge in [-0.1, -0.05) is 12.1 Å². The third-order valence-electron chi connectivity index (χ3n) is 4.43. The van der Waals surface area contributed by atoms with Crippen molar-refractivity contribution >= 4 is 17.0 Å². The minimum absolute atomic E-state index is 0.00337. The zero-order chi connectivity index (χ0) is 19.4. The summed E-state index contributed by atoms with van der Waals surface area (Å²) in [5, 5.41) is 14.2. The van der Waals surface area contributed by atoms with Crippen LogP contribution in [0.25, 0.3) is 16.7 Å². The van der Waals surface area contributed by atoms with Crippen LogP contribution in [0.15, 0.2) is 41.3 Å². The lowest BCUT2D eigenvalue weighted by Gasteiger charge is -2.15. The molecule has 142 valence electrons. The molecule has 3 aromatic rings. The topological polar surface area (TPSA) is 125 Å². The van der Waals surface area contributed by atoms with Crippen LogP contribution < -0.4 is 22.1 Å². The fraction of sp³-hybridized carbons (Fsp3) is 0.316. The Morgan fingerprint density at radius 2 is 2.07 bits per heavy atom. The van der Waals surface area contributed by atoms with Gasteiger partial charge in [-0.25, -0.2) is 4.79 Å². The third-order valence-corrected chi connectivity index (χ3v) is 4.43. The molecule has 0 radical (unpaired) electrons. The second-order valence-corrected chi connectivity index (χ2v) is 6.61. The molecule has 8 heteroatoms. The largest absolute Gasteiger partial charge is 0.370 e. The summed E-state index contributed by atoms with van der Waals surface area (Å²) in [6.07, 6.45) is 2.69. The molecule has 3 rings (SSSR count). The molecule has 1 atom stereocenters. The normalized spacial score (nSPS) is 12.2. The van der Waals surface area contributed by atoms with Crippen molar-refractivity contribution in [3.05, 3.63) is 58.3 Å². The van der Waals surface area contributed by atoms with Crippen LogP contribution in [0.3, 0.4) is 0 Å². The Balaban J connectivity index is 1.67. The first-order valence-electron chi connectivity index (χ1n) is 8.94. The Hall–Kier alpha value is -3.13. The van der Waals surface area contributed by atoms with E-state index in [2.05, 4.69) is 27.5 Å². The lowest BCUT2D eigenvalue weighted by atomic mass is 10.1. The number of nitrogens with zero attached hydrogens (tertiary/aromatic N) is 2. The minimum atomic E-state index is -0.304. The monoisotopic (exact) mass is 367 g/mol. The fourth-order valence-corrected chi connectivity index (χ4v) is 2.99. The van der Waals surface area contributed by atoms with Gasteiger partial charge in [0, 0.05) is 29.9 Å². The second kappa shape index (κ2) is 8.05. The molecule has 0 fully saturated rings. The van der Waals surface area contributed by atoms with Crippen LogP contribution in [0.1, 0.15) is 30.6 Å². The first-order valence-corrected chi connectivity index (χ1v) is 8.94. The van der Waals surface area contributed by atoms with Gasteiger partial charge in [-0.3, -0.25) is 9.98 Å². The number of H-pyrrole nitrogens is 1. The second-order valence-electron chi connectivity index (χ2n) is 6.61. The predicted molar refractivity (Wildman–Crippen MR) is 107 cm³/mol. The molecule has 1 aromatic carbocycles. The van der Waals surface area contributed by atoms with Crippen molar-refractivity contribution in [3.8, 4) is 5.69 Å². The van der Waals surface area contributed by atoms with Crippen molar-refractivity contribution in [2.24, 2.45) is 5.73 Å². The van der Waals surface area contributed by atoms with Gasteiger partial charge in [-0.2, -0.15) is 4.98 Å². The molecule has 6 N–H and O–H groups in total. The van der Waals surface area contributed by atoms with Gasteiger partial charge in [0.25, 0.3) is 0 Å². The van der Waals surface area contributed by atoms with Crippen molar-refractivity contribution in [1.82, 2.24) is 25.2 Å². The Morgan fingerprint density at radius 1 is 1.33 bits per heavy atom. The zero-order valence-corrected chi connectivity index (χ0v) is 15.5. The van der Waals surface area contributed by atoms with Crippen molar-refractivity contribution < 1.29 is 0 Å². The summed E-state index contributed by atoms with van der Waals surface area (Å²) in [4.78, 5) is 19.5. The van der Waals surface area contributed by atoms with Crippen molar-refractivity contribution in [2.45, 2.75) is 26.3 Å². The van der Waals surface area contributed by atoms with Crippen LogP contribution >= 0.6 is 0 Å². The minimum Gasteiger partial charge on any atom is -0.370 e. The third kappa shape index (κ3) is 4.53. The molecule has 27 heavy (non-hydrogen) atoms. The molecule has 0 bridgehead atoms. The first kappa shape index (κ1) is 18.7. The van der Waals surface area contributed by atoms with Gasteiger partial charge in [-0.05, 0) is 50.6 Å². The molecule has 8 nitrogen and oxygen atoms in total. The van der Waals surface area contributed by atoms with Crippen LogP contribution in [0.4, 0.5) is 0 Å². The van der Waals surface area contributed by atoms with Crippen LogP contribution in [-0.4, -0.2) is 33.6 Å². The molecule has 0 aliphatic heterocycles. The standard InChI is InChI=1S/C19H25N7O/c1-12-10-15-11-26(19(27)25-17(15)24-12)16-6-4-14(5-7-16)13(2)22-8-3-9-23-18(20)21/h4-7,10-11,13,22H,3,8-9H2,1-2H3,(H4,20,21,23)(H,24,25,27)/t13-/m0/s1. The molecule has 0 amide bonds. The number of fused-ring (bicyclic) bond motifs is 1. The Bertz CT molecular complexity index is 987. The van der Waals surface area contributed by atoms with E-state index in [1.807, 2.05) is 43.5 Å². The highest BCUT2D eigenvalue weighted by atomic mass is 16.1. The van der Waals surface area contributed by atoms with Crippen LogP contribution in [0.5, 0.6) is 0 Å². The maximum Gasteiger partial charge on any atom is 0.354 e. The summed E-state index contributed by atoms with van der Waals surface area (Å²) < 4.78 is 1.56. The highest BCUT2D eigenvalue weighted by molar-refractivity contribution is 5.75. The summed E-state index contributed by atoms with van der Waals surface area (Å²) in [5.41, 5.74) is 8.46. The summed E-state index contributed by atoms with van der Waals surface area (Å²) in [5.74, 6) is -0.00337. The Morgan fingerprint density at radius 3 is 2.78 bits per heavy atom. The van der Waals surface area contributed by atoms with Gasteiger partial charge in [0.05, 0.1) is 5.69 Å². The number of nitrogens with two attached hydrogens (primary N) is 1. The van der Waals surface area contributed by atoms with E-state index >= 15 is 0 Å². The predicted octanol–water partition coefficient (Wildman–Crippen LogP) is 1.55. The number of benzene rings is 1. The van der Waals surface area contributed by atoms with Crippen molar-refractivity contribution in [1.29, 1.82) is 5.41 Å². The number of nitrogens with one attached hydrogen (secondary N) is 4. The van der Waals surface area contributed by atoms with E-state index in [9.17, 15) is 4.79 Å². The van der Waals surface area contributed by atoms with Crippen molar-refractivity contribution in [2.75, 3.05) is 13.1 Å². The first-order chi connectivity index (χ1) is 12.9. The summed E-state index contributed by atoms with van der Waals surface area (Å²) in [6.45, 7) is 5.52. The van der Waals surface area contributed by atoms with Crippen LogP contribution in [-0.2, 0) is 0 Å². The number of rotatable bonds is 7. The fourth-order valence-electron chi connectivity index (χ4n) is 2.99. The average molecular weight is 367 g/mol. The van der Waals surface area contributed by atoms with E-state index in [4.69, 9.17) is 11.1 Å². The molecule has 0 saturated carbocycles. The zero-order valence-electron chi connectivity index (χ0n) is 15.5. The SMILES string of the molecule is Cc1cc2cn(-c3ccc([C@H](C)NCCCNC(=N)N)cc3)c(=O)nc2[nH]1. The van der Waals surface area contributed by atoms with Gasteiger partial charge in [-0.15, -0.1) is 0 Å². The Labute approximate surface area is 157 Å². The lowest BCUT2D eigenvalue weighted by Crippen LogP contribution is -2.32. The quantitative estimate of drug-likeness (QED) is 0.246. The van der Waals surface area contributed by atoms with Gasteiger partial charge in [0.15, 0.2) is 5.96 Å². The van der Waals surface area contributed by atoms with Crippen molar-refractivity contribution in [3.63, 3.8) is 0 Å². The molecular formula is C19H25N7O. The van der Waals surface area contributed by atoms with Gasteiger partial charge in [0.2, 0.25) is 0 Å². The van der Waals surface area contributed by atoms with Gasteiger partial charge in [0.1, 0.15) is 5.65 Å². The van der Waals surface area contributed by atoms with Crippen LogP contribution in [0, 0.1) is 12.3 Å². The van der Waals surface area contributed by atoms with E-state index in [0.717, 1.165) is 35.3 Å². The highest BCUT2D eigenvalue weighted by Gasteiger charge is 2.08. The number of hydrogen-bond donors (Lipinski definition) is 5. The van der Waals surface area contributed by atoms with E-state index in [0.29, 0.717) is 12.2 Å². The maximum atomic E-state index is 12.3. The summed E-state index contributed by atoms with van der Waals surface area (Å²) >= 11 is 0. The van der Waals surface area contributed by atoms with E-state index in [-0.39, 0.29) is 17.7 Å². The van der Waals surface area contributed by atoms with E-state index in [1.54, 1.807) is 4.57 Å². The number of aromatic amines is 1. The highest BCUT2D eigenvalue weighted by Crippen LogP contribution is 2.17. The lowest BCUT2D eigenvalue weighted by molar-refractivity contribution is 0.555. The van der Waals surface area contributed by atoms with E-state index in [1.165, 1.54) is 0 Å². The molecule has 0 aliphatic carbocycles. The maximum absolute atomic E-state index is 12.3. The average Bonchev–Trinajstić information content (AvgIpc) is 2.99. The van der Waals surface area contributed by atoms with Crippen LogP contribution in [0.2, 0.25) is 0 Å². The van der Waals surface area contributed by atoms with Gasteiger partial charge >= 0.3 is 5.69 Å². The summed E-state index contributed by atoms with van der Waals surface area (Å²) in [6, 6.07) is 10.0. The number of hydrogen-bond acceptors (Lipinski definition) is 4.